The molecule has 0 amide bonds. The van der Waals surface area contributed by atoms with E-state index in [1.54, 1.807) is 19.2 Å². The van der Waals surface area contributed by atoms with Gasteiger partial charge < -0.3 is 14.5 Å². The Morgan fingerprint density at radius 1 is 1.44 bits per heavy atom. The lowest BCUT2D eigenvalue weighted by Gasteiger charge is -2.17. The lowest BCUT2D eigenvalue weighted by Crippen LogP contribution is -2.22. The first kappa shape index (κ1) is 11.6. The highest BCUT2D eigenvalue weighted by Gasteiger charge is 2.19. The molecule has 2 aromatic rings. The van der Waals surface area contributed by atoms with Crippen LogP contribution >= 0.6 is 11.6 Å². The number of aromatic amines is 1. The van der Waals surface area contributed by atoms with Gasteiger partial charge in [-0.1, -0.05) is 11.6 Å². The summed E-state index contributed by atoms with van der Waals surface area (Å²) in [5, 5.41) is 0.903. The maximum Gasteiger partial charge on any atom is 0.196 e. The number of pyridine rings is 1. The van der Waals surface area contributed by atoms with E-state index in [0.717, 1.165) is 5.69 Å². The van der Waals surface area contributed by atoms with Crippen molar-refractivity contribution in [3.8, 4) is 5.75 Å². The van der Waals surface area contributed by atoms with Crippen LogP contribution in [0.2, 0.25) is 5.02 Å². The summed E-state index contributed by atoms with van der Waals surface area (Å²) in [7, 11) is 1.57. The smallest absolute Gasteiger partial charge is 0.196 e. The van der Waals surface area contributed by atoms with Crippen LogP contribution in [-0.2, 0) is 17.8 Å². The summed E-state index contributed by atoms with van der Waals surface area (Å²) in [6.07, 6.45) is 0.705. The monoisotopic (exact) mass is 265 g/mol. The second-order valence-corrected chi connectivity index (χ2v) is 4.62. The standard InChI is InChI=1S/C13H12ClNO3/c1-17-10-3-2-8(14)11-12(10)15-9-4-5-18-6-7(9)13(11)16/h2-3H,4-6H2,1H3,(H,15,16). The van der Waals surface area contributed by atoms with Crippen molar-refractivity contribution in [3.05, 3.63) is 38.6 Å². The van der Waals surface area contributed by atoms with E-state index in [4.69, 9.17) is 21.1 Å². The fraction of sp³-hybridized carbons (Fsp3) is 0.308. The van der Waals surface area contributed by atoms with Gasteiger partial charge in [-0.2, -0.15) is 0 Å². The average Bonchev–Trinajstić information content (AvgIpc) is 2.39. The molecule has 4 nitrogen and oxygen atoms in total. The van der Waals surface area contributed by atoms with Gasteiger partial charge in [-0.3, -0.25) is 4.79 Å². The summed E-state index contributed by atoms with van der Waals surface area (Å²) >= 11 is 6.12. The zero-order chi connectivity index (χ0) is 12.7. The van der Waals surface area contributed by atoms with E-state index in [1.165, 1.54) is 0 Å². The highest BCUT2D eigenvalue weighted by molar-refractivity contribution is 6.35. The van der Waals surface area contributed by atoms with Crippen molar-refractivity contribution >= 4 is 22.5 Å². The predicted molar refractivity (Wildman–Crippen MR) is 69.5 cm³/mol. The number of H-pyrrole nitrogens is 1. The number of nitrogens with one attached hydrogen (secondary N) is 1. The highest BCUT2D eigenvalue weighted by atomic mass is 35.5. The number of methoxy groups -OCH3 is 1. The summed E-state index contributed by atoms with van der Waals surface area (Å²) in [5.41, 5.74) is 2.18. The van der Waals surface area contributed by atoms with Crippen molar-refractivity contribution < 1.29 is 9.47 Å². The Morgan fingerprint density at radius 3 is 3.06 bits per heavy atom. The Morgan fingerprint density at radius 2 is 2.28 bits per heavy atom. The van der Waals surface area contributed by atoms with E-state index in [-0.39, 0.29) is 5.43 Å². The van der Waals surface area contributed by atoms with Gasteiger partial charge in [-0.15, -0.1) is 0 Å². The molecule has 0 unspecified atom stereocenters. The molecule has 5 heteroatoms. The van der Waals surface area contributed by atoms with E-state index < -0.39 is 0 Å². The van der Waals surface area contributed by atoms with E-state index in [0.29, 0.717) is 46.9 Å². The third-order valence-electron chi connectivity index (χ3n) is 3.22. The number of rotatable bonds is 1. The third kappa shape index (κ3) is 1.61. The number of halogens is 1. The van der Waals surface area contributed by atoms with Crippen LogP contribution in [0.4, 0.5) is 0 Å². The van der Waals surface area contributed by atoms with Crippen molar-refractivity contribution in [2.45, 2.75) is 13.0 Å². The lowest BCUT2D eigenvalue weighted by molar-refractivity contribution is 0.108. The molecule has 94 valence electrons. The minimum absolute atomic E-state index is 0.0673. The first-order valence-corrected chi connectivity index (χ1v) is 6.08. The van der Waals surface area contributed by atoms with E-state index in [1.807, 2.05) is 0 Å². The quantitative estimate of drug-likeness (QED) is 0.861. The summed E-state index contributed by atoms with van der Waals surface area (Å²) in [6, 6.07) is 3.43. The van der Waals surface area contributed by atoms with Crippen LogP contribution in [0, 0.1) is 0 Å². The van der Waals surface area contributed by atoms with Gasteiger partial charge in [-0.25, -0.2) is 0 Å². The Bertz CT molecular complexity index is 678. The number of hydrogen-bond donors (Lipinski definition) is 1. The number of hydrogen-bond acceptors (Lipinski definition) is 3. The fourth-order valence-corrected chi connectivity index (χ4v) is 2.55. The van der Waals surface area contributed by atoms with Crippen LogP contribution in [0.3, 0.4) is 0 Å². The van der Waals surface area contributed by atoms with Gasteiger partial charge in [0.25, 0.3) is 0 Å². The molecule has 1 aromatic heterocycles. The number of benzene rings is 1. The Labute approximate surface area is 108 Å². The first-order chi connectivity index (χ1) is 8.72. The van der Waals surface area contributed by atoms with Crippen LogP contribution < -0.4 is 10.2 Å². The largest absolute Gasteiger partial charge is 0.495 e. The minimum Gasteiger partial charge on any atom is -0.495 e. The maximum absolute atomic E-state index is 12.4. The second kappa shape index (κ2) is 4.30. The molecule has 0 bridgehead atoms. The Hall–Kier alpha value is -1.52. The molecule has 1 N–H and O–H groups in total. The van der Waals surface area contributed by atoms with Gasteiger partial charge in [0.1, 0.15) is 5.75 Å². The Balaban J connectivity index is 2.45. The number of ether oxygens (including phenoxy) is 2. The molecule has 2 heterocycles. The van der Waals surface area contributed by atoms with Crippen molar-refractivity contribution in [1.29, 1.82) is 0 Å². The number of aromatic nitrogens is 1. The maximum atomic E-state index is 12.4. The Kier molecular flexibility index (Phi) is 2.76. The number of fused-ring (bicyclic) bond motifs is 2. The molecule has 0 spiro atoms. The molecular weight excluding hydrogens is 254 g/mol. The van der Waals surface area contributed by atoms with E-state index in [2.05, 4.69) is 4.98 Å². The minimum atomic E-state index is -0.0673. The van der Waals surface area contributed by atoms with E-state index >= 15 is 0 Å². The first-order valence-electron chi connectivity index (χ1n) is 5.70. The predicted octanol–water partition coefficient (Wildman–Crippen LogP) is 2.26. The highest BCUT2D eigenvalue weighted by Crippen LogP contribution is 2.29. The van der Waals surface area contributed by atoms with Crippen molar-refractivity contribution in [3.63, 3.8) is 0 Å². The molecule has 1 aliphatic heterocycles. The second-order valence-electron chi connectivity index (χ2n) is 4.21. The molecule has 1 aromatic carbocycles. The topological polar surface area (TPSA) is 51.3 Å². The molecule has 0 saturated carbocycles. The van der Waals surface area contributed by atoms with Gasteiger partial charge in [0.15, 0.2) is 5.43 Å². The molecule has 3 rings (SSSR count). The zero-order valence-electron chi connectivity index (χ0n) is 9.88. The van der Waals surface area contributed by atoms with Crippen LogP contribution in [-0.4, -0.2) is 18.7 Å². The fourth-order valence-electron chi connectivity index (χ4n) is 2.30. The summed E-state index contributed by atoms with van der Waals surface area (Å²) in [4.78, 5) is 15.7. The molecule has 0 aliphatic carbocycles. The SMILES string of the molecule is COc1ccc(Cl)c2c(=O)c3c([nH]c12)CCOC3. The van der Waals surface area contributed by atoms with Crippen molar-refractivity contribution in [1.82, 2.24) is 4.98 Å². The lowest BCUT2D eigenvalue weighted by atomic mass is 10.0. The molecule has 0 radical (unpaired) electrons. The molecular formula is C13H12ClNO3. The van der Waals surface area contributed by atoms with Crippen molar-refractivity contribution in [2.75, 3.05) is 13.7 Å². The van der Waals surface area contributed by atoms with Crippen LogP contribution in [0.5, 0.6) is 5.75 Å². The normalized spacial score (nSPS) is 14.6. The third-order valence-corrected chi connectivity index (χ3v) is 3.54. The summed E-state index contributed by atoms with van der Waals surface area (Å²) in [6.45, 7) is 0.964. The van der Waals surface area contributed by atoms with Gasteiger partial charge in [-0.05, 0) is 12.1 Å². The molecule has 0 saturated heterocycles. The molecule has 0 atom stereocenters. The van der Waals surface area contributed by atoms with Gasteiger partial charge in [0, 0.05) is 17.7 Å². The van der Waals surface area contributed by atoms with Crippen LogP contribution in [0.1, 0.15) is 11.3 Å². The van der Waals surface area contributed by atoms with Gasteiger partial charge in [0.2, 0.25) is 0 Å². The molecule has 1 aliphatic rings. The molecule has 0 fully saturated rings. The zero-order valence-corrected chi connectivity index (χ0v) is 10.6. The van der Waals surface area contributed by atoms with Crippen molar-refractivity contribution in [2.24, 2.45) is 0 Å². The van der Waals surface area contributed by atoms with Crippen LogP contribution in [0.15, 0.2) is 16.9 Å². The average molecular weight is 266 g/mol. The van der Waals surface area contributed by atoms with E-state index in [9.17, 15) is 4.79 Å². The van der Waals surface area contributed by atoms with Gasteiger partial charge in [0.05, 0.1) is 36.2 Å². The summed E-state index contributed by atoms with van der Waals surface area (Å²) < 4.78 is 10.6. The van der Waals surface area contributed by atoms with Crippen LogP contribution in [0.25, 0.3) is 10.9 Å². The molecule has 18 heavy (non-hydrogen) atoms. The summed E-state index contributed by atoms with van der Waals surface area (Å²) in [5.74, 6) is 0.626. The van der Waals surface area contributed by atoms with Gasteiger partial charge >= 0.3 is 0 Å².